The van der Waals surface area contributed by atoms with Crippen LogP contribution in [0.15, 0.2) is 48.5 Å². The third-order valence-electron chi connectivity index (χ3n) is 4.73. The van der Waals surface area contributed by atoms with E-state index in [2.05, 4.69) is 0 Å². The number of amides is 2. The lowest BCUT2D eigenvalue weighted by atomic mass is 10.0. The molecule has 0 radical (unpaired) electrons. The number of rotatable bonds is 3. The molecule has 0 aromatic heterocycles. The molecule has 27 heavy (non-hydrogen) atoms. The van der Waals surface area contributed by atoms with Gasteiger partial charge in [-0.1, -0.05) is 24.3 Å². The van der Waals surface area contributed by atoms with Crippen molar-refractivity contribution >= 4 is 17.6 Å². The molecule has 2 aromatic rings. The number of ketones is 1. The van der Waals surface area contributed by atoms with Crippen molar-refractivity contribution in [2.24, 2.45) is 0 Å². The highest BCUT2D eigenvalue weighted by Gasteiger charge is 2.28. The molecule has 0 unspecified atom stereocenters. The molecule has 140 valence electrons. The lowest BCUT2D eigenvalue weighted by molar-refractivity contribution is -0.126. The van der Waals surface area contributed by atoms with E-state index in [0.717, 1.165) is 6.07 Å². The molecule has 1 fully saturated rings. The van der Waals surface area contributed by atoms with Gasteiger partial charge in [-0.15, -0.1) is 0 Å². The van der Waals surface area contributed by atoms with E-state index in [1.54, 1.807) is 36.1 Å². The summed E-state index contributed by atoms with van der Waals surface area (Å²) >= 11 is 0. The van der Waals surface area contributed by atoms with Crippen molar-refractivity contribution in [3.8, 4) is 0 Å². The van der Waals surface area contributed by atoms with Crippen LogP contribution in [0.4, 0.5) is 4.39 Å². The first-order valence-electron chi connectivity index (χ1n) is 8.91. The molecule has 1 aliphatic rings. The van der Waals surface area contributed by atoms with Crippen molar-refractivity contribution in [1.29, 1.82) is 0 Å². The fourth-order valence-corrected chi connectivity index (χ4v) is 3.18. The Kier molecular flexibility index (Phi) is 5.64. The maximum absolute atomic E-state index is 13.5. The van der Waals surface area contributed by atoms with Crippen molar-refractivity contribution in [1.82, 2.24) is 9.80 Å². The summed E-state index contributed by atoms with van der Waals surface area (Å²) in [5, 5.41) is 0. The van der Waals surface area contributed by atoms with Crippen LogP contribution in [-0.4, -0.2) is 53.6 Å². The van der Waals surface area contributed by atoms with Crippen LogP contribution in [0.3, 0.4) is 0 Å². The average Bonchev–Trinajstić information content (AvgIpc) is 2.95. The maximum atomic E-state index is 13.5. The smallest absolute Gasteiger partial charge is 0.295 e. The van der Waals surface area contributed by atoms with Gasteiger partial charge < -0.3 is 9.80 Å². The van der Waals surface area contributed by atoms with Gasteiger partial charge in [-0.3, -0.25) is 14.4 Å². The van der Waals surface area contributed by atoms with Crippen molar-refractivity contribution < 1.29 is 18.8 Å². The summed E-state index contributed by atoms with van der Waals surface area (Å²) in [6.07, 6.45) is 0.583. The van der Waals surface area contributed by atoms with E-state index in [0.29, 0.717) is 37.2 Å². The molecule has 0 N–H and O–H groups in total. The zero-order valence-electron chi connectivity index (χ0n) is 15.2. The number of benzene rings is 2. The van der Waals surface area contributed by atoms with E-state index in [-0.39, 0.29) is 18.0 Å². The van der Waals surface area contributed by atoms with E-state index in [1.165, 1.54) is 17.0 Å². The molecule has 0 spiro atoms. The minimum absolute atomic E-state index is 0.0847. The molecule has 6 heteroatoms. The third-order valence-corrected chi connectivity index (χ3v) is 4.73. The number of nitrogens with zero attached hydrogens (tertiary/aromatic N) is 2. The van der Waals surface area contributed by atoms with Gasteiger partial charge in [0.1, 0.15) is 5.82 Å². The molecular weight excluding hydrogens is 347 g/mol. The molecule has 2 aromatic carbocycles. The van der Waals surface area contributed by atoms with Gasteiger partial charge in [-0.25, -0.2) is 4.39 Å². The second-order valence-corrected chi connectivity index (χ2v) is 6.59. The molecule has 3 rings (SSSR count). The Hall–Kier alpha value is -3.02. The van der Waals surface area contributed by atoms with E-state index >= 15 is 0 Å². The Bertz CT molecular complexity index is 867. The molecule has 1 aliphatic heterocycles. The van der Waals surface area contributed by atoms with E-state index < -0.39 is 17.5 Å². The molecule has 0 saturated carbocycles. The highest BCUT2D eigenvalue weighted by atomic mass is 19.1. The van der Waals surface area contributed by atoms with Gasteiger partial charge in [-0.2, -0.15) is 0 Å². The van der Waals surface area contributed by atoms with Crippen LogP contribution in [0.1, 0.15) is 32.7 Å². The van der Waals surface area contributed by atoms with E-state index in [9.17, 15) is 18.8 Å². The zero-order valence-corrected chi connectivity index (χ0v) is 15.2. The number of Topliss-reactive ketones (excluding diaryl/α,β-unsaturated/α-hetero) is 1. The second-order valence-electron chi connectivity index (χ2n) is 6.59. The first-order valence-corrected chi connectivity index (χ1v) is 8.91. The Labute approximate surface area is 157 Å². The summed E-state index contributed by atoms with van der Waals surface area (Å²) in [4.78, 5) is 40.9. The average molecular weight is 368 g/mol. The van der Waals surface area contributed by atoms with Crippen LogP contribution in [0.25, 0.3) is 0 Å². The second kappa shape index (κ2) is 8.12. The van der Waals surface area contributed by atoms with Crippen molar-refractivity contribution in [2.45, 2.75) is 13.3 Å². The molecule has 0 aliphatic carbocycles. The predicted molar refractivity (Wildman–Crippen MR) is 99.0 cm³/mol. The van der Waals surface area contributed by atoms with Crippen LogP contribution in [0.2, 0.25) is 0 Å². The van der Waals surface area contributed by atoms with Gasteiger partial charge in [0.2, 0.25) is 0 Å². The summed E-state index contributed by atoms with van der Waals surface area (Å²) in [6.45, 7) is 3.21. The third kappa shape index (κ3) is 4.22. The number of hydrogen-bond donors (Lipinski definition) is 0. The zero-order chi connectivity index (χ0) is 19.4. The summed E-state index contributed by atoms with van der Waals surface area (Å²) < 4.78 is 13.5. The molecule has 0 atom stereocenters. The Morgan fingerprint density at radius 3 is 2.30 bits per heavy atom. The number of halogens is 1. The van der Waals surface area contributed by atoms with Crippen molar-refractivity contribution in [2.75, 3.05) is 26.2 Å². The van der Waals surface area contributed by atoms with Gasteiger partial charge in [-0.05, 0) is 43.2 Å². The lowest BCUT2D eigenvalue weighted by Gasteiger charge is -2.22. The predicted octanol–water partition coefficient (Wildman–Crippen LogP) is 2.69. The molecule has 0 bridgehead atoms. The van der Waals surface area contributed by atoms with Crippen LogP contribution in [0.5, 0.6) is 0 Å². The van der Waals surface area contributed by atoms with Crippen LogP contribution >= 0.6 is 0 Å². The molecular formula is C21H21FN2O3. The molecule has 2 amide bonds. The van der Waals surface area contributed by atoms with Gasteiger partial charge in [0.05, 0.1) is 0 Å². The molecule has 1 heterocycles. The SMILES string of the molecule is Cc1ccc(F)cc1C(=O)C(=O)N1CCCN(C(=O)c2ccccc2)CC1. The van der Waals surface area contributed by atoms with Gasteiger partial charge in [0.25, 0.3) is 17.6 Å². The minimum atomic E-state index is -0.713. The van der Waals surface area contributed by atoms with Crippen LogP contribution in [0, 0.1) is 12.7 Å². The Balaban J connectivity index is 1.68. The highest BCUT2D eigenvalue weighted by molar-refractivity contribution is 6.43. The van der Waals surface area contributed by atoms with Gasteiger partial charge in [0, 0.05) is 37.3 Å². The normalized spacial score (nSPS) is 14.6. The summed E-state index contributed by atoms with van der Waals surface area (Å²) in [7, 11) is 0. The number of carbonyl (C=O) groups excluding carboxylic acids is 3. The first kappa shape index (κ1) is 18.8. The number of hydrogen-bond acceptors (Lipinski definition) is 3. The largest absolute Gasteiger partial charge is 0.337 e. The Morgan fingerprint density at radius 1 is 0.889 bits per heavy atom. The van der Waals surface area contributed by atoms with Crippen molar-refractivity contribution in [3.63, 3.8) is 0 Å². The lowest BCUT2D eigenvalue weighted by Crippen LogP contribution is -2.40. The monoisotopic (exact) mass is 368 g/mol. The van der Waals surface area contributed by atoms with Gasteiger partial charge in [0.15, 0.2) is 0 Å². The number of carbonyl (C=O) groups is 3. The van der Waals surface area contributed by atoms with Crippen LogP contribution in [-0.2, 0) is 4.79 Å². The standard InChI is InChI=1S/C21H21FN2O3/c1-15-8-9-17(22)14-18(15)19(25)21(27)24-11-5-10-23(12-13-24)20(26)16-6-3-2-4-7-16/h2-4,6-9,14H,5,10-13H2,1H3. The van der Waals surface area contributed by atoms with Gasteiger partial charge >= 0.3 is 0 Å². The summed E-state index contributed by atoms with van der Waals surface area (Å²) in [6, 6.07) is 12.8. The first-order chi connectivity index (χ1) is 13.0. The van der Waals surface area contributed by atoms with E-state index in [1.807, 2.05) is 6.07 Å². The summed E-state index contributed by atoms with van der Waals surface area (Å²) in [5.41, 5.74) is 1.25. The van der Waals surface area contributed by atoms with E-state index in [4.69, 9.17) is 0 Å². The summed E-state index contributed by atoms with van der Waals surface area (Å²) in [5.74, 6) is -2.00. The quantitative estimate of drug-likeness (QED) is 0.618. The minimum Gasteiger partial charge on any atom is -0.337 e. The number of aryl methyl sites for hydroxylation is 1. The molecule has 5 nitrogen and oxygen atoms in total. The fourth-order valence-electron chi connectivity index (χ4n) is 3.18. The highest BCUT2D eigenvalue weighted by Crippen LogP contribution is 2.14. The maximum Gasteiger partial charge on any atom is 0.295 e. The molecule has 1 saturated heterocycles. The fraction of sp³-hybridized carbons (Fsp3) is 0.286. The van der Waals surface area contributed by atoms with Crippen molar-refractivity contribution in [3.05, 3.63) is 71.0 Å². The Morgan fingerprint density at radius 2 is 1.56 bits per heavy atom. The topological polar surface area (TPSA) is 57.7 Å². The van der Waals surface area contributed by atoms with Crippen LogP contribution < -0.4 is 0 Å².